The first-order chi connectivity index (χ1) is 6.46. The summed E-state index contributed by atoms with van der Waals surface area (Å²) in [6.45, 7) is 3.99. The van der Waals surface area contributed by atoms with E-state index >= 15 is 0 Å². The number of nitrogens with two attached hydrogens (primary N) is 1. The first-order valence-corrected chi connectivity index (χ1v) is 5.72. The molecule has 4 N–H and O–H groups in total. The summed E-state index contributed by atoms with van der Waals surface area (Å²) in [6, 6.07) is 0. The van der Waals surface area contributed by atoms with E-state index in [0.29, 0.717) is 11.0 Å². The van der Waals surface area contributed by atoms with Crippen LogP contribution in [0.15, 0.2) is 0 Å². The maximum absolute atomic E-state index is 11.1. The van der Waals surface area contributed by atoms with Crippen molar-refractivity contribution in [2.75, 3.05) is 19.4 Å². The number of aliphatic hydroxyl groups excluding tert-OH is 1. The molecular weight excluding hydrogens is 200 g/mol. The molecule has 0 aliphatic rings. The lowest BCUT2D eigenvalue weighted by Gasteiger charge is -2.26. The average Bonchev–Trinajstić information content (AvgIpc) is 2.14. The number of thioether (sulfide) groups is 1. The van der Waals surface area contributed by atoms with E-state index in [1.54, 1.807) is 25.7 Å². The highest BCUT2D eigenvalue weighted by atomic mass is 32.2. The van der Waals surface area contributed by atoms with Gasteiger partial charge in [-0.2, -0.15) is 11.8 Å². The normalized spacial score (nSPS) is 17.4. The Morgan fingerprint density at radius 3 is 2.64 bits per heavy atom. The fourth-order valence-corrected chi connectivity index (χ4v) is 2.02. The Kier molecular flexibility index (Phi) is 6.15. The molecule has 0 radical (unpaired) electrons. The average molecular weight is 220 g/mol. The molecule has 5 heteroatoms. The molecule has 0 bridgehead atoms. The van der Waals surface area contributed by atoms with Crippen molar-refractivity contribution in [1.29, 1.82) is 0 Å². The maximum Gasteiger partial charge on any atom is 0.238 e. The number of aliphatic hydroxyl groups is 1. The number of hydrogen-bond donors (Lipinski definition) is 3. The highest BCUT2D eigenvalue weighted by molar-refractivity contribution is 8.00. The van der Waals surface area contributed by atoms with Crippen molar-refractivity contribution in [3.63, 3.8) is 0 Å². The number of likely N-dealkylation sites (N-methyl/N-ethyl adjacent to an activating group) is 1. The van der Waals surface area contributed by atoms with Gasteiger partial charge in [0.1, 0.15) is 5.54 Å². The molecule has 0 saturated carbocycles. The molecule has 0 aliphatic heterocycles. The van der Waals surface area contributed by atoms with Gasteiger partial charge in [-0.15, -0.1) is 0 Å². The van der Waals surface area contributed by atoms with Crippen LogP contribution in [0.5, 0.6) is 0 Å². The molecule has 1 amide bonds. The summed E-state index contributed by atoms with van der Waals surface area (Å²) in [5.74, 6) is 0.281. The van der Waals surface area contributed by atoms with E-state index in [4.69, 9.17) is 10.8 Å². The van der Waals surface area contributed by atoms with Crippen LogP contribution in [0.4, 0.5) is 0 Å². The molecule has 0 rings (SSSR count). The lowest BCUT2D eigenvalue weighted by Crippen LogP contribution is -2.53. The lowest BCUT2D eigenvalue weighted by atomic mass is 10.1. The third-order valence-electron chi connectivity index (χ3n) is 2.29. The third-order valence-corrected chi connectivity index (χ3v) is 3.84. The van der Waals surface area contributed by atoms with Gasteiger partial charge in [-0.3, -0.25) is 4.79 Å². The molecule has 0 heterocycles. The van der Waals surface area contributed by atoms with Crippen molar-refractivity contribution >= 4 is 17.7 Å². The van der Waals surface area contributed by atoms with Gasteiger partial charge < -0.3 is 16.2 Å². The Labute approximate surface area is 89.6 Å². The van der Waals surface area contributed by atoms with Gasteiger partial charge >= 0.3 is 0 Å². The van der Waals surface area contributed by atoms with Gasteiger partial charge in [-0.05, 0) is 20.4 Å². The number of primary amides is 1. The minimum Gasteiger partial charge on any atom is -0.396 e. The number of carbonyl (C=O) groups is 1. The van der Waals surface area contributed by atoms with Crippen molar-refractivity contribution in [3.8, 4) is 0 Å². The number of hydrogen-bond acceptors (Lipinski definition) is 4. The van der Waals surface area contributed by atoms with E-state index in [1.807, 2.05) is 6.92 Å². The van der Waals surface area contributed by atoms with E-state index in [9.17, 15) is 4.79 Å². The molecule has 84 valence electrons. The predicted octanol–water partition coefficient (Wildman–Crippen LogP) is -0.0461. The smallest absolute Gasteiger partial charge is 0.238 e. The summed E-state index contributed by atoms with van der Waals surface area (Å²) in [7, 11) is 1.72. The Hall–Kier alpha value is -0.260. The van der Waals surface area contributed by atoms with E-state index in [-0.39, 0.29) is 12.5 Å². The number of carbonyl (C=O) groups excluding carboxylic acids is 1. The molecule has 0 aromatic heterocycles. The molecule has 0 spiro atoms. The minimum atomic E-state index is -0.658. The molecule has 4 nitrogen and oxygen atoms in total. The summed E-state index contributed by atoms with van der Waals surface area (Å²) in [6.07, 6.45) is 0.739. The van der Waals surface area contributed by atoms with Crippen molar-refractivity contribution in [1.82, 2.24) is 5.32 Å². The van der Waals surface area contributed by atoms with Gasteiger partial charge in [0.2, 0.25) is 5.91 Å². The Morgan fingerprint density at radius 2 is 2.29 bits per heavy atom. The zero-order valence-electron chi connectivity index (χ0n) is 9.04. The van der Waals surface area contributed by atoms with Crippen LogP contribution in [0, 0.1) is 0 Å². The largest absolute Gasteiger partial charge is 0.396 e. The SMILES string of the molecule is CNC(C)(CSC(C)CCO)C(N)=O. The highest BCUT2D eigenvalue weighted by Crippen LogP contribution is 2.19. The molecule has 14 heavy (non-hydrogen) atoms. The quantitative estimate of drug-likeness (QED) is 0.562. The summed E-state index contributed by atoms with van der Waals surface area (Å²) >= 11 is 1.64. The number of rotatable bonds is 7. The van der Waals surface area contributed by atoms with Crippen LogP contribution in [0.1, 0.15) is 20.3 Å². The topological polar surface area (TPSA) is 75.3 Å². The van der Waals surface area contributed by atoms with Crippen LogP contribution in [-0.4, -0.2) is 41.2 Å². The third kappa shape index (κ3) is 4.30. The Balaban J connectivity index is 4.01. The second-order valence-corrected chi connectivity index (χ2v) is 5.01. The zero-order chi connectivity index (χ0) is 11.2. The van der Waals surface area contributed by atoms with Crippen LogP contribution < -0.4 is 11.1 Å². The number of amides is 1. The van der Waals surface area contributed by atoms with Gasteiger partial charge in [-0.1, -0.05) is 6.92 Å². The molecule has 2 unspecified atom stereocenters. The van der Waals surface area contributed by atoms with Crippen LogP contribution in [0.2, 0.25) is 0 Å². The van der Waals surface area contributed by atoms with E-state index in [0.717, 1.165) is 6.42 Å². The predicted molar refractivity (Wildman–Crippen MR) is 60.3 cm³/mol. The highest BCUT2D eigenvalue weighted by Gasteiger charge is 2.29. The van der Waals surface area contributed by atoms with Crippen molar-refractivity contribution in [2.24, 2.45) is 5.73 Å². The first kappa shape index (κ1) is 13.7. The Morgan fingerprint density at radius 1 is 1.71 bits per heavy atom. The molecule has 0 fully saturated rings. The second kappa shape index (κ2) is 6.27. The summed E-state index contributed by atoms with van der Waals surface area (Å²) in [5, 5.41) is 12.0. The molecule has 0 aliphatic carbocycles. The van der Waals surface area contributed by atoms with Crippen molar-refractivity contribution in [3.05, 3.63) is 0 Å². The van der Waals surface area contributed by atoms with Crippen LogP contribution in [0.25, 0.3) is 0 Å². The molecule has 0 aromatic carbocycles. The van der Waals surface area contributed by atoms with E-state index in [1.165, 1.54) is 0 Å². The molecular formula is C9H20N2O2S. The second-order valence-electron chi connectivity index (χ2n) is 3.58. The van der Waals surface area contributed by atoms with Crippen molar-refractivity contribution < 1.29 is 9.90 Å². The summed E-state index contributed by atoms with van der Waals surface area (Å²) in [4.78, 5) is 11.1. The molecule has 0 saturated heterocycles. The maximum atomic E-state index is 11.1. The molecule has 0 aromatic rings. The lowest BCUT2D eigenvalue weighted by molar-refractivity contribution is -0.122. The molecule has 2 atom stereocenters. The summed E-state index contributed by atoms with van der Waals surface area (Å²) in [5.41, 5.74) is 4.62. The fraction of sp³-hybridized carbons (Fsp3) is 0.889. The first-order valence-electron chi connectivity index (χ1n) is 4.67. The number of nitrogens with one attached hydrogen (secondary N) is 1. The van der Waals surface area contributed by atoms with Gasteiger partial charge in [-0.25, -0.2) is 0 Å². The van der Waals surface area contributed by atoms with Gasteiger partial charge in [0, 0.05) is 17.6 Å². The van der Waals surface area contributed by atoms with E-state index < -0.39 is 5.54 Å². The Bertz CT molecular complexity index is 190. The standard InChI is InChI=1S/C9H20N2O2S/c1-7(4-5-12)14-6-9(2,11-3)8(10)13/h7,11-12H,4-6H2,1-3H3,(H2,10,13). The zero-order valence-corrected chi connectivity index (χ0v) is 9.86. The fourth-order valence-electron chi connectivity index (χ4n) is 0.841. The van der Waals surface area contributed by atoms with Crippen molar-refractivity contribution in [2.45, 2.75) is 31.1 Å². The van der Waals surface area contributed by atoms with Crippen LogP contribution >= 0.6 is 11.8 Å². The van der Waals surface area contributed by atoms with Crippen LogP contribution in [0.3, 0.4) is 0 Å². The van der Waals surface area contributed by atoms with Crippen LogP contribution in [-0.2, 0) is 4.79 Å². The monoisotopic (exact) mass is 220 g/mol. The summed E-state index contributed by atoms with van der Waals surface area (Å²) < 4.78 is 0. The minimum absolute atomic E-state index is 0.182. The van der Waals surface area contributed by atoms with Gasteiger partial charge in [0.15, 0.2) is 0 Å². The van der Waals surface area contributed by atoms with Gasteiger partial charge in [0.05, 0.1) is 0 Å². The van der Waals surface area contributed by atoms with Gasteiger partial charge in [0.25, 0.3) is 0 Å². The van der Waals surface area contributed by atoms with E-state index in [2.05, 4.69) is 5.32 Å².